The van der Waals surface area contributed by atoms with Crippen LogP contribution in [0.5, 0.6) is 0 Å². The lowest BCUT2D eigenvalue weighted by atomic mass is 9.82. The van der Waals surface area contributed by atoms with Crippen LogP contribution < -0.4 is 10.6 Å². The predicted octanol–water partition coefficient (Wildman–Crippen LogP) is 3.57. The largest absolute Gasteiger partial charge is 0.356 e. The van der Waals surface area contributed by atoms with Gasteiger partial charge in [-0.15, -0.1) is 0 Å². The number of nitrogens with one attached hydrogen (secondary N) is 2. The summed E-state index contributed by atoms with van der Waals surface area (Å²) in [7, 11) is 1.80. The van der Waals surface area contributed by atoms with Gasteiger partial charge in [0.25, 0.3) is 5.89 Å². The van der Waals surface area contributed by atoms with Crippen molar-refractivity contribution in [1.82, 2.24) is 25.8 Å². The molecule has 0 spiro atoms. The molecule has 0 saturated heterocycles. The summed E-state index contributed by atoms with van der Waals surface area (Å²) in [5.41, 5.74) is 2.15. The van der Waals surface area contributed by atoms with Crippen molar-refractivity contribution in [3.05, 3.63) is 66.1 Å². The number of rotatable bonds is 6. The van der Waals surface area contributed by atoms with E-state index in [9.17, 15) is 0 Å². The predicted molar refractivity (Wildman–Crippen MR) is 117 cm³/mol. The van der Waals surface area contributed by atoms with Crippen LogP contribution in [0.4, 0.5) is 0 Å². The maximum atomic E-state index is 5.31. The molecule has 0 amide bonds. The molecule has 0 aliphatic heterocycles. The Morgan fingerprint density at radius 2 is 1.87 bits per heavy atom. The molecule has 1 aromatic carbocycles. The van der Waals surface area contributed by atoms with Crippen LogP contribution in [0, 0.1) is 0 Å². The van der Waals surface area contributed by atoms with Crippen LogP contribution in [0.15, 0.2) is 64.2 Å². The molecular formula is C23H28N6O. The van der Waals surface area contributed by atoms with E-state index in [1.165, 1.54) is 18.4 Å². The Balaban J connectivity index is 1.21. The highest BCUT2D eigenvalue weighted by Gasteiger charge is 2.22. The van der Waals surface area contributed by atoms with Crippen LogP contribution in [0.2, 0.25) is 0 Å². The third-order valence-corrected chi connectivity index (χ3v) is 5.56. The van der Waals surface area contributed by atoms with Gasteiger partial charge in [-0.25, -0.2) is 0 Å². The van der Waals surface area contributed by atoms with E-state index in [-0.39, 0.29) is 0 Å². The lowest BCUT2D eigenvalue weighted by Gasteiger charge is -2.30. The molecule has 3 aromatic rings. The first-order valence-electron chi connectivity index (χ1n) is 10.6. The number of aromatic nitrogens is 3. The van der Waals surface area contributed by atoms with E-state index in [1.54, 1.807) is 13.2 Å². The number of benzene rings is 1. The van der Waals surface area contributed by atoms with Crippen LogP contribution in [-0.2, 0) is 6.42 Å². The normalized spacial score (nSPS) is 19.4. The van der Waals surface area contributed by atoms with Crippen LogP contribution in [0.25, 0.3) is 11.6 Å². The lowest BCUT2D eigenvalue weighted by molar-refractivity contribution is 0.371. The molecular weight excluding hydrogens is 376 g/mol. The van der Waals surface area contributed by atoms with Gasteiger partial charge in [0.1, 0.15) is 5.69 Å². The van der Waals surface area contributed by atoms with Crippen LogP contribution in [-0.4, -0.2) is 40.7 Å². The molecule has 156 valence electrons. The molecule has 0 atom stereocenters. The Hall–Kier alpha value is -3.22. The molecule has 2 aromatic heterocycles. The molecule has 0 bridgehead atoms. The molecule has 2 heterocycles. The second kappa shape index (κ2) is 10.0. The minimum Gasteiger partial charge on any atom is -0.356 e. The van der Waals surface area contributed by atoms with Gasteiger partial charge in [0.2, 0.25) is 0 Å². The average molecular weight is 405 g/mol. The fourth-order valence-corrected chi connectivity index (χ4v) is 3.93. The van der Waals surface area contributed by atoms with Crippen molar-refractivity contribution in [1.29, 1.82) is 0 Å². The van der Waals surface area contributed by atoms with Gasteiger partial charge in [-0.1, -0.05) is 41.6 Å². The lowest BCUT2D eigenvalue weighted by Crippen LogP contribution is -2.45. The summed E-state index contributed by atoms with van der Waals surface area (Å²) in [5.74, 6) is 2.60. The third-order valence-electron chi connectivity index (χ3n) is 5.56. The minimum atomic E-state index is 0.447. The van der Waals surface area contributed by atoms with Crippen molar-refractivity contribution < 1.29 is 4.52 Å². The Morgan fingerprint density at radius 3 is 2.60 bits per heavy atom. The highest BCUT2D eigenvalue weighted by molar-refractivity contribution is 5.79. The fourth-order valence-electron chi connectivity index (χ4n) is 3.93. The van der Waals surface area contributed by atoms with Crippen molar-refractivity contribution in [2.45, 2.75) is 44.1 Å². The Morgan fingerprint density at radius 1 is 1.07 bits per heavy atom. The molecule has 1 fully saturated rings. The van der Waals surface area contributed by atoms with Gasteiger partial charge in [0.15, 0.2) is 11.8 Å². The molecule has 2 N–H and O–H groups in total. The first kappa shape index (κ1) is 20.1. The van der Waals surface area contributed by atoms with Gasteiger partial charge >= 0.3 is 0 Å². The number of pyridine rings is 1. The maximum absolute atomic E-state index is 5.31. The zero-order chi connectivity index (χ0) is 20.6. The number of hydrogen-bond acceptors (Lipinski definition) is 5. The van der Waals surface area contributed by atoms with Crippen LogP contribution >= 0.6 is 0 Å². The van der Waals surface area contributed by atoms with Crippen LogP contribution in [0.1, 0.15) is 43.0 Å². The van der Waals surface area contributed by atoms with E-state index in [0.717, 1.165) is 18.8 Å². The van der Waals surface area contributed by atoms with E-state index in [0.29, 0.717) is 42.3 Å². The topological polar surface area (TPSA) is 88.2 Å². The smallest absolute Gasteiger partial charge is 0.276 e. The Bertz CT molecular complexity index is 933. The molecule has 1 aliphatic carbocycles. The molecule has 7 heteroatoms. The van der Waals surface area contributed by atoms with Gasteiger partial charge in [-0.3, -0.25) is 9.98 Å². The molecule has 7 nitrogen and oxygen atoms in total. The highest BCUT2D eigenvalue weighted by atomic mass is 16.5. The maximum Gasteiger partial charge on any atom is 0.276 e. The SMILES string of the molecule is CN=C(NCCc1noc(-c2ccccn2)n1)NC1CCC(c2ccccc2)CC1. The van der Waals surface area contributed by atoms with Gasteiger partial charge in [0.05, 0.1) is 0 Å². The zero-order valence-electron chi connectivity index (χ0n) is 17.3. The summed E-state index contributed by atoms with van der Waals surface area (Å²) in [5, 5.41) is 11.0. The fraction of sp³-hybridized carbons (Fsp3) is 0.391. The second-order valence-electron chi connectivity index (χ2n) is 7.58. The van der Waals surface area contributed by atoms with E-state index in [1.807, 2.05) is 18.2 Å². The van der Waals surface area contributed by atoms with Gasteiger partial charge in [0, 0.05) is 32.3 Å². The zero-order valence-corrected chi connectivity index (χ0v) is 17.3. The highest BCUT2D eigenvalue weighted by Crippen LogP contribution is 2.32. The van der Waals surface area contributed by atoms with E-state index >= 15 is 0 Å². The van der Waals surface area contributed by atoms with Gasteiger partial charge in [-0.2, -0.15) is 4.98 Å². The summed E-state index contributed by atoms with van der Waals surface area (Å²) in [6.45, 7) is 0.681. The van der Waals surface area contributed by atoms with E-state index in [4.69, 9.17) is 4.52 Å². The summed E-state index contributed by atoms with van der Waals surface area (Å²) < 4.78 is 5.31. The molecule has 1 aliphatic rings. The van der Waals surface area contributed by atoms with Crippen molar-refractivity contribution >= 4 is 5.96 Å². The van der Waals surface area contributed by atoms with Crippen molar-refractivity contribution in [3.8, 4) is 11.6 Å². The van der Waals surface area contributed by atoms with Gasteiger partial charge < -0.3 is 15.2 Å². The molecule has 0 unspecified atom stereocenters. The molecule has 1 saturated carbocycles. The van der Waals surface area contributed by atoms with Gasteiger partial charge in [-0.05, 0) is 49.3 Å². The van der Waals surface area contributed by atoms with Crippen LogP contribution in [0.3, 0.4) is 0 Å². The first-order valence-corrected chi connectivity index (χ1v) is 10.6. The van der Waals surface area contributed by atoms with E-state index in [2.05, 4.69) is 61.1 Å². The monoisotopic (exact) mass is 404 g/mol. The summed E-state index contributed by atoms with van der Waals surface area (Å²) in [6, 6.07) is 16.9. The van der Waals surface area contributed by atoms with E-state index < -0.39 is 0 Å². The van der Waals surface area contributed by atoms with Crippen molar-refractivity contribution in [2.24, 2.45) is 4.99 Å². The number of hydrogen-bond donors (Lipinski definition) is 2. The number of guanidine groups is 1. The first-order chi connectivity index (χ1) is 14.8. The molecule has 4 rings (SSSR count). The average Bonchev–Trinajstić information content (AvgIpc) is 3.29. The molecule has 0 radical (unpaired) electrons. The molecule has 30 heavy (non-hydrogen) atoms. The third kappa shape index (κ3) is 5.23. The Kier molecular flexibility index (Phi) is 6.69. The van der Waals surface area contributed by atoms with Crippen molar-refractivity contribution in [3.63, 3.8) is 0 Å². The summed E-state index contributed by atoms with van der Waals surface area (Å²) in [6.07, 6.45) is 7.08. The summed E-state index contributed by atoms with van der Waals surface area (Å²) >= 11 is 0. The second-order valence-corrected chi connectivity index (χ2v) is 7.58. The Labute approximate surface area is 177 Å². The quantitative estimate of drug-likeness (QED) is 0.482. The standard InChI is InChI=1S/C23H28N6O/c1-24-23(27-19-12-10-18(11-13-19)17-7-3-2-4-8-17)26-16-14-21-28-22(30-29-21)20-9-5-6-15-25-20/h2-9,15,18-19H,10-14,16H2,1H3,(H2,24,26,27). The number of nitrogens with zero attached hydrogens (tertiary/aromatic N) is 4. The van der Waals surface area contributed by atoms with Crippen molar-refractivity contribution in [2.75, 3.05) is 13.6 Å². The number of aliphatic imine (C=N–C) groups is 1. The minimum absolute atomic E-state index is 0.447. The summed E-state index contributed by atoms with van der Waals surface area (Å²) in [4.78, 5) is 13.0.